The molecule has 0 fully saturated rings. The molecule has 1 heterocycles. The molecule has 0 atom stereocenters. The van der Waals surface area contributed by atoms with Gasteiger partial charge in [0.2, 0.25) is 0 Å². The molecule has 0 amide bonds. The van der Waals surface area contributed by atoms with E-state index in [1.54, 1.807) is 0 Å². The summed E-state index contributed by atoms with van der Waals surface area (Å²) in [5.41, 5.74) is 1.13. The molecule has 0 spiro atoms. The Kier molecular flexibility index (Phi) is 3.84. The Hall–Kier alpha value is -1.73. The fourth-order valence-corrected chi connectivity index (χ4v) is 1.79. The van der Waals surface area contributed by atoms with Gasteiger partial charge in [0.15, 0.2) is 11.5 Å². The van der Waals surface area contributed by atoms with Crippen LogP contribution >= 0.6 is 0 Å². The quantitative estimate of drug-likeness (QED) is 0.745. The van der Waals surface area contributed by atoms with Crippen molar-refractivity contribution in [2.24, 2.45) is 0 Å². The van der Waals surface area contributed by atoms with E-state index in [4.69, 9.17) is 14.7 Å². The minimum absolute atomic E-state index is 0.425. The summed E-state index contributed by atoms with van der Waals surface area (Å²) in [7, 11) is 1.92. The monoisotopic (exact) mass is 232 g/mol. The summed E-state index contributed by atoms with van der Waals surface area (Å²) in [4.78, 5) is 1.96. The molecular weight excluding hydrogens is 216 g/mol. The van der Waals surface area contributed by atoms with Crippen molar-refractivity contribution < 1.29 is 9.47 Å². The van der Waals surface area contributed by atoms with Crippen molar-refractivity contribution in [3.63, 3.8) is 0 Å². The van der Waals surface area contributed by atoms with E-state index in [0.717, 1.165) is 30.0 Å². The highest BCUT2D eigenvalue weighted by Crippen LogP contribution is 2.30. The van der Waals surface area contributed by atoms with Gasteiger partial charge in [0.05, 0.1) is 25.8 Å². The Labute approximate surface area is 101 Å². The summed E-state index contributed by atoms with van der Waals surface area (Å²) >= 11 is 0. The summed E-state index contributed by atoms with van der Waals surface area (Å²) < 4.78 is 11.2. The van der Waals surface area contributed by atoms with Crippen LogP contribution in [0.3, 0.4) is 0 Å². The molecule has 4 heteroatoms. The van der Waals surface area contributed by atoms with Gasteiger partial charge in [-0.15, -0.1) is 0 Å². The van der Waals surface area contributed by atoms with Gasteiger partial charge in [0.25, 0.3) is 0 Å². The van der Waals surface area contributed by atoms with Crippen molar-refractivity contribution in [1.82, 2.24) is 4.90 Å². The van der Waals surface area contributed by atoms with E-state index in [1.165, 1.54) is 0 Å². The molecule has 0 aliphatic carbocycles. The SMILES string of the molecule is CN(CC#N)Cc1ccc2c(c1)OCCCO2. The molecule has 0 N–H and O–H groups in total. The molecule has 0 bridgehead atoms. The second kappa shape index (κ2) is 5.55. The Morgan fingerprint density at radius 1 is 1.29 bits per heavy atom. The Balaban J connectivity index is 2.10. The number of ether oxygens (including phenoxy) is 2. The Morgan fingerprint density at radius 2 is 2.06 bits per heavy atom. The minimum Gasteiger partial charge on any atom is -0.490 e. The average Bonchev–Trinajstić information content (AvgIpc) is 2.53. The molecule has 0 saturated carbocycles. The molecule has 0 unspecified atom stereocenters. The van der Waals surface area contributed by atoms with E-state index in [0.29, 0.717) is 19.8 Å². The zero-order valence-corrected chi connectivity index (χ0v) is 9.98. The van der Waals surface area contributed by atoms with Gasteiger partial charge in [-0.05, 0) is 24.7 Å². The van der Waals surface area contributed by atoms with E-state index in [2.05, 4.69) is 6.07 Å². The number of hydrogen-bond acceptors (Lipinski definition) is 4. The summed E-state index contributed by atoms with van der Waals surface area (Å²) in [6, 6.07) is 8.08. The van der Waals surface area contributed by atoms with E-state index < -0.39 is 0 Å². The maximum atomic E-state index is 8.61. The van der Waals surface area contributed by atoms with Gasteiger partial charge in [-0.25, -0.2) is 0 Å². The predicted molar refractivity (Wildman–Crippen MR) is 64.0 cm³/mol. The maximum Gasteiger partial charge on any atom is 0.161 e. The minimum atomic E-state index is 0.425. The zero-order chi connectivity index (χ0) is 12.1. The first-order valence-electron chi connectivity index (χ1n) is 5.73. The second-order valence-electron chi connectivity index (χ2n) is 4.16. The smallest absolute Gasteiger partial charge is 0.161 e. The lowest BCUT2D eigenvalue weighted by Gasteiger charge is -2.14. The molecule has 1 aliphatic rings. The number of hydrogen-bond donors (Lipinski definition) is 0. The van der Waals surface area contributed by atoms with E-state index >= 15 is 0 Å². The van der Waals surface area contributed by atoms with Crippen molar-refractivity contribution in [2.45, 2.75) is 13.0 Å². The third-order valence-corrected chi connectivity index (χ3v) is 2.61. The Morgan fingerprint density at radius 3 is 2.82 bits per heavy atom. The topological polar surface area (TPSA) is 45.5 Å². The molecule has 0 aromatic heterocycles. The number of fused-ring (bicyclic) bond motifs is 1. The van der Waals surface area contributed by atoms with Gasteiger partial charge in [0, 0.05) is 13.0 Å². The normalized spacial score (nSPS) is 14.2. The van der Waals surface area contributed by atoms with Crippen molar-refractivity contribution in [3.8, 4) is 17.6 Å². The molecule has 4 nitrogen and oxygen atoms in total. The van der Waals surface area contributed by atoms with Crippen LogP contribution in [0.15, 0.2) is 18.2 Å². The third-order valence-electron chi connectivity index (χ3n) is 2.61. The van der Waals surface area contributed by atoms with Crippen LogP contribution in [0.2, 0.25) is 0 Å². The highest BCUT2D eigenvalue weighted by molar-refractivity contribution is 5.43. The van der Waals surface area contributed by atoms with Crippen LogP contribution in [-0.2, 0) is 6.54 Å². The first-order chi connectivity index (χ1) is 8.29. The third kappa shape index (κ3) is 3.11. The second-order valence-corrected chi connectivity index (χ2v) is 4.16. The fraction of sp³-hybridized carbons (Fsp3) is 0.462. The molecule has 17 heavy (non-hydrogen) atoms. The number of rotatable bonds is 3. The van der Waals surface area contributed by atoms with Gasteiger partial charge in [0.1, 0.15) is 0 Å². The molecule has 0 saturated heterocycles. The number of nitrogens with zero attached hydrogens (tertiary/aromatic N) is 2. The van der Waals surface area contributed by atoms with Gasteiger partial charge < -0.3 is 9.47 Å². The van der Waals surface area contributed by atoms with E-state index in [9.17, 15) is 0 Å². The molecule has 1 aromatic carbocycles. The summed E-state index contributed by atoms with van der Waals surface area (Å²) in [5, 5.41) is 8.61. The lowest BCUT2D eigenvalue weighted by atomic mass is 10.2. The summed E-state index contributed by atoms with van der Waals surface area (Å²) in [6.07, 6.45) is 0.915. The van der Waals surface area contributed by atoms with Gasteiger partial charge >= 0.3 is 0 Å². The van der Waals surface area contributed by atoms with Gasteiger partial charge in [-0.3, -0.25) is 4.90 Å². The Bertz CT molecular complexity index is 426. The molecule has 90 valence electrons. The lowest BCUT2D eigenvalue weighted by Crippen LogP contribution is -2.17. The first kappa shape index (κ1) is 11.7. The first-order valence-corrected chi connectivity index (χ1v) is 5.73. The van der Waals surface area contributed by atoms with E-state index in [1.807, 2.05) is 30.1 Å². The van der Waals surface area contributed by atoms with Crippen LogP contribution in [0.1, 0.15) is 12.0 Å². The number of benzene rings is 1. The zero-order valence-electron chi connectivity index (χ0n) is 9.98. The standard InChI is InChI=1S/C13H16N2O2/c1-15(6-5-14)10-11-3-4-12-13(9-11)17-8-2-7-16-12/h3-4,9H,2,6-8,10H2,1H3. The molecular formula is C13H16N2O2. The van der Waals surface area contributed by atoms with Crippen LogP contribution < -0.4 is 9.47 Å². The largest absolute Gasteiger partial charge is 0.490 e. The van der Waals surface area contributed by atoms with Crippen LogP contribution in [0, 0.1) is 11.3 Å². The highest BCUT2D eigenvalue weighted by Gasteiger charge is 2.11. The predicted octanol–water partition coefficient (Wildman–Crippen LogP) is 1.80. The molecule has 2 rings (SSSR count). The van der Waals surface area contributed by atoms with Crippen molar-refractivity contribution in [1.29, 1.82) is 5.26 Å². The molecule has 0 radical (unpaired) electrons. The highest BCUT2D eigenvalue weighted by atomic mass is 16.5. The maximum absolute atomic E-state index is 8.61. The lowest BCUT2D eigenvalue weighted by molar-refractivity contribution is 0.296. The van der Waals surface area contributed by atoms with Crippen LogP contribution in [0.25, 0.3) is 0 Å². The van der Waals surface area contributed by atoms with Crippen molar-refractivity contribution in [3.05, 3.63) is 23.8 Å². The van der Waals surface area contributed by atoms with Crippen molar-refractivity contribution >= 4 is 0 Å². The van der Waals surface area contributed by atoms with Crippen LogP contribution in [0.5, 0.6) is 11.5 Å². The average molecular weight is 232 g/mol. The van der Waals surface area contributed by atoms with E-state index in [-0.39, 0.29) is 0 Å². The van der Waals surface area contributed by atoms with Gasteiger partial charge in [-0.2, -0.15) is 5.26 Å². The van der Waals surface area contributed by atoms with Crippen LogP contribution in [-0.4, -0.2) is 31.7 Å². The molecule has 1 aromatic rings. The fourth-order valence-electron chi connectivity index (χ4n) is 1.79. The van der Waals surface area contributed by atoms with Crippen molar-refractivity contribution in [2.75, 3.05) is 26.8 Å². The number of nitriles is 1. The van der Waals surface area contributed by atoms with Crippen LogP contribution in [0.4, 0.5) is 0 Å². The summed E-state index contributed by atoms with van der Waals surface area (Å²) in [6.45, 7) is 2.57. The summed E-state index contributed by atoms with van der Waals surface area (Å²) in [5.74, 6) is 1.62. The van der Waals surface area contributed by atoms with Gasteiger partial charge in [-0.1, -0.05) is 6.07 Å². The molecule has 1 aliphatic heterocycles.